The molecule has 0 fully saturated rings. The number of nitrogens with zero attached hydrogens (tertiary/aromatic N) is 4. The SMILES string of the molecule is CN=C(NCCc1nnc2ccccn12)NCc1ccc(C)cc1Oc1ccccc1. The van der Waals surface area contributed by atoms with Gasteiger partial charge in [-0.1, -0.05) is 36.4 Å². The third-order valence-electron chi connectivity index (χ3n) is 4.89. The lowest BCUT2D eigenvalue weighted by molar-refractivity contribution is 0.474. The number of rotatable bonds is 7. The first-order valence-electron chi connectivity index (χ1n) is 10.3. The molecule has 7 nitrogen and oxygen atoms in total. The molecule has 2 aromatic heterocycles. The normalized spacial score (nSPS) is 11.5. The number of ether oxygens (including phenoxy) is 1. The second kappa shape index (κ2) is 9.75. The van der Waals surface area contributed by atoms with E-state index in [-0.39, 0.29) is 0 Å². The van der Waals surface area contributed by atoms with E-state index < -0.39 is 0 Å². The number of hydrogen-bond acceptors (Lipinski definition) is 4. The maximum Gasteiger partial charge on any atom is 0.191 e. The molecule has 0 aliphatic heterocycles. The van der Waals surface area contributed by atoms with Crippen LogP contribution in [0.2, 0.25) is 0 Å². The van der Waals surface area contributed by atoms with Crippen molar-refractivity contribution < 1.29 is 4.74 Å². The molecule has 4 rings (SSSR count). The minimum Gasteiger partial charge on any atom is -0.457 e. The van der Waals surface area contributed by atoms with Gasteiger partial charge in [0.1, 0.15) is 17.3 Å². The highest BCUT2D eigenvalue weighted by atomic mass is 16.5. The van der Waals surface area contributed by atoms with Crippen LogP contribution >= 0.6 is 0 Å². The Morgan fingerprint density at radius 2 is 1.84 bits per heavy atom. The van der Waals surface area contributed by atoms with E-state index in [1.807, 2.05) is 59.1 Å². The molecular weight excluding hydrogens is 388 g/mol. The summed E-state index contributed by atoms with van der Waals surface area (Å²) in [6, 6.07) is 21.9. The van der Waals surface area contributed by atoms with E-state index in [9.17, 15) is 0 Å². The second-order valence-corrected chi connectivity index (χ2v) is 7.17. The lowest BCUT2D eigenvalue weighted by Crippen LogP contribution is -2.38. The van der Waals surface area contributed by atoms with E-state index in [4.69, 9.17) is 4.74 Å². The fourth-order valence-corrected chi connectivity index (χ4v) is 3.27. The lowest BCUT2D eigenvalue weighted by atomic mass is 10.1. The molecule has 31 heavy (non-hydrogen) atoms. The Bertz CT molecular complexity index is 1170. The van der Waals surface area contributed by atoms with Gasteiger partial charge in [-0.25, -0.2) is 0 Å². The second-order valence-electron chi connectivity index (χ2n) is 7.17. The van der Waals surface area contributed by atoms with Crippen molar-refractivity contribution in [3.8, 4) is 11.5 Å². The minimum absolute atomic E-state index is 0.593. The Morgan fingerprint density at radius 3 is 2.68 bits per heavy atom. The predicted octanol–water partition coefficient (Wildman–Crippen LogP) is 3.74. The molecule has 0 radical (unpaired) electrons. The van der Waals surface area contributed by atoms with Gasteiger partial charge in [-0.05, 0) is 42.8 Å². The number of para-hydroxylation sites is 1. The quantitative estimate of drug-likeness (QED) is 0.356. The summed E-state index contributed by atoms with van der Waals surface area (Å²) < 4.78 is 8.11. The molecule has 2 N–H and O–H groups in total. The Kier molecular flexibility index (Phi) is 6.42. The molecule has 4 aromatic rings. The van der Waals surface area contributed by atoms with Gasteiger partial charge in [0, 0.05) is 38.3 Å². The molecule has 0 aliphatic rings. The van der Waals surface area contributed by atoms with E-state index in [2.05, 4.69) is 50.9 Å². The number of pyridine rings is 1. The summed E-state index contributed by atoms with van der Waals surface area (Å²) in [6.45, 7) is 3.34. The topological polar surface area (TPSA) is 75.8 Å². The van der Waals surface area contributed by atoms with Gasteiger partial charge < -0.3 is 15.4 Å². The summed E-state index contributed by atoms with van der Waals surface area (Å²) in [5.74, 6) is 3.29. The number of aryl methyl sites for hydroxylation is 1. The van der Waals surface area contributed by atoms with Crippen LogP contribution in [0.3, 0.4) is 0 Å². The molecule has 0 bridgehead atoms. The summed E-state index contributed by atoms with van der Waals surface area (Å²) in [7, 11) is 1.76. The first kappa shape index (κ1) is 20.4. The zero-order chi connectivity index (χ0) is 21.5. The van der Waals surface area contributed by atoms with E-state index in [0.29, 0.717) is 13.1 Å². The van der Waals surface area contributed by atoms with E-state index in [1.54, 1.807) is 7.05 Å². The zero-order valence-electron chi connectivity index (χ0n) is 17.7. The molecular formula is C24H26N6O. The third kappa shape index (κ3) is 5.19. The van der Waals surface area contributed by atoms with Gasteiger partial charge in [0.2, 0.25) is 0 Å². The zero-order valence-corrected chi connectivity index (χ0v) is 17.7. The Balaban J connectivity index is 1.35. The van der Waals surface area contributed by atoms with Crippen molar-refractivity contribution in [3.63, 3.8) is 0 Å². The van der Waals surface area contributed by atoms with Crippen molar-refractivity contribution in [2.45, 2.75) is 19.9 Å². The number of benzene rings is 2. The van der Waals surface area contributed by atoms with Crippen LogP contribution in [0.15, 0.2) is 77.9 Å². The maximum atomic E-state index is 6.11. The summed E-state index contributed by atoms with van der Waals surface area (Å²) in [6.07, 6.45) is 2.71. The monoisotopic (exact) mass is 414 g/mol. The van der Waals surface area contributed by atoms with Crippen LogP contribution in [0.1, 0.15) is 17.0 Å². The van der Waals surface area contributed by atoms with Crippen molar-refractivity contribution in [1.82, 2.24) is 25.2 Å². The summed E-state index contributed by atoms with van der Waals surface area (Å²) in [5.41, 5.74) is 3.06. The van der Waals surface area contributed by atoms with Gasteiger partial charge in [0.15, 0.2) is 11.6 Å². The van der Waals surface area contributed by atoms with Crippen LogP contribution in [0, 0.1) is 6.92 Å². The molecule has 2 aromatic carbocycles. The summed E-state index contributed by atoms with van der Waals surface area (Å²) >= 11 is 0. The average molecular weight is 415 g/mol. The van der Waals surface area contributed by atoms with Crippen LogP contribution in [0.4, 0.5) is 0 Å². The number of fused-ring (bicyclic) bond motifs is 1. The van der Waals surface area contributed by atoms with Crippen molar-refractivity contribution in [2.24, 2.45) is 4.99 Å². The molecule has 0 spiro atoms. The highest BCUT2D eigenvalue weighted by Gasteiger charge is 2.08. The summed E-state index contributed by atoms with van der Waals surface area (Å²) in [4.78, 5) is 4.33. The standard InChI is InChI=1S/C24H26N6O/c1-18-11-12-19(21(16-18)31-20-8-4-3-5-9-20)17-27-24(25-2)26-14-13-23-29-28-22-10-6-7-15-30(22)23/h3-12,15-16H,13-14,17H2,1-2H3,(H2,25,26,27). The fourth-order valence-electron chi connectivity index (χ4n) is 3.27. The first-order valence-corrected chi connectivity index (χ1v) is 10.3. The van der Waals surface area contributed by atoms with E-state index in [0.717, 1.165) is 46.5 Å². The molecule has 0 amide bonds. The van der Waals surface area contributed by atoms with Crippen LogP contribution in [0.25, 0.3) is 5.65 Å². The van der Waals surface area contributed by atoms with Crippen LogP contribution in [-0.4, -0.2) is 34.2 Å². The van der Waals surface area contributed by atoms with Crippen molar-refractivity contribution in [2.75, 3.05) is 13.6 Å². The maximum absolute atomic E-state index is 6.11. The predicted molar refractivity (Wildman–Crippen MR) is 123 cm³/mol. The molecule has 0 unspecified atom stereocenters. The number of nitrogens with one attached hydrogen (secondary N) is 2. The van der Waals surface area contributed by atoms with Crippen LogP contribution < -0.4 is 15.4 Å². The molecule has 0 saturated heterocycles. The minimum atomic E-state index is 0.593. The Morgan fingerprint density at radius 1 is 1.00 bits per heavy atom. The molecule has 0 aliphatic carbocycles. The fraction of sp³-hybridized carbons (Fsp3) is 0.208. The van der Waals surface area contributed by atoms with Gasteiger partial charge in [-0.15, -0.1) is 10.2 Å². The van der Waals surface area contributed by atoms with Gasteiger partial charge in [-0.3, -0.25) is 9.39 Å². The third-order valence-corrected chi connectivity index (χ3v) is 4.89. The lowest BCUT2D eigenvalue weighted by Gasteiger charge is -2.15. The molecule has 0 saturated carbocycles. The van der Waals surface area contributed by atoms with E-state index in [1.165, 1.54) is 0 Å². The molecule has 7 heteroatoms. The molecule has 158 valence electrons. The highest BCUT2D eigenvalue weighted by Crippen LogP contribution is 2.26. The Hall–Kier alpha value is -3.87. The smallest absolute Gasteiger partial charge is 0.191 e. The van der Waals surface area contributed by atoms with Crippen molar-refractivity contribution >= 4 is 11.6 Å². The van der Waals surface area contributed by atoms with Gasteiger partial charge in [0.05, 0.1) is 0 Å². The highest BCUT2D eigenvalue weighted by molar-refractivity contribution is 5.79. The van der Waals surface area contributed by atoms with Crippen LogP contribution in [0.5, 0.6) is 11.5 Å². The largest absolute Gasteiger partial charge is 0.457 e. The number of aromatic nitrogens is 3. The molecule has 0 atom stereocenters. The average Bonchev–Trinajstić information content (AvgIpc) is 3.21. The van der Waals surface area contributed by atoms with Crippen molar-refractivity contribution in [3.05, 3.63) is 89.9 Å². The van der Waals surface area contributed by atoms with Crippen molar-refractivity contribution in [1.29, 1.82) is 0 Å². The molecule has 2 heterocycles. The number of aliphatic imine (C=N–C) groups is 1. The number of guanidine groups is 1. The van der Waals surface area contributed by atoms with Gasteiger partial charge >= 0.3 is 0 Å². The number of hydrogen-bond donors (Lipinski definition) is 2. The summed E-state index contributed by atoms with van der Waals surface area (Å²) in [5, 5.41) is 15.2. The van der Waals surface area contributed by atoms with E-state index >= 15 is 0 Å². The first-order chi connectivity index (χ1) is 15.2. The van der Waals surface area contributed by atoms with Gasteiger partial charge in [-0.2, -0.15) is 0 Å². The van der Waals surface area contributed by atoms with Gasteiger partial charge in [0.25, 0.3) is 0 Å². The Labute approximate surface area is 181 Å². The van der Waals surface area contributed by atoms with Crippen LogP contribution in [-0.2, 0) is 13.0 Å².